The lowest BCUT2D eigenvalue weighted by molar-refractivity contribution is -0.128. The molecule has 1 rings (SSSR count). The predicted molar refractivity (Wildman–Crippen MR) is 68.6 cm³/mol. The standard InChI is InChI=1S/C14H21NO2/c1-14(2,3)13(16)15-9-10-17-11-12-7-5-4-6-8-12/h4-8H,9-11H2,1-3H3,(H,15,16). The zero-order valence-electron chi connectivity index (χ0n) is 10.8. The highest BCUT2D eigenvalue weighted by Gasteiger charge is 2.20. The number of hydrogen-bond acceptors (Lipinski definition) is 2. The van der Waals surface area contributed by atoms with E-state index in [1.807, 2.05) is 51.1 Å². The number of hydrogen-bond donors (Lipinski definition) is 1. The van der Waals surface area contributed by atoms with Crippen LogP contribution in [0.4, 0.5) is 0 Å². The van der Waals surface area contributed by atoms with Gasteiger partial charge in [0.1, 0.15) is 0 Å². The summed E-state index contributed by atoms with van der Waals surface area (Å²) in [6.07, 6.45) is 0. The average molecular weight is 235 g/mol. The van der Waals surface area contributed by atoms with Crippen molar-refractivity contribution in [3.63, 3.8) is 0 Å². The predicted octanol–water partition coefficient (Wildman–Crippen LogP) is 2.37. The molecule has 0 aromatic heterocycles. The maximum Gasteiger partial charge on any atom is 0.225 e. The first-order valence-electron chi connectivity index (χ1n) is 5.90. The third-order valence-electron chi connectivity index (χ3n) is 2.32. The molecule has 1 aromatic carbocycles. The van der Waals surface area contributed by atoms with E-state index in [1.165, 1.54) is 0 Å². The van der Waals surface area contributed by atoms with Gasteiger partial charge in [-0.25, -0.2) is 0 Å². The van der Waals surface area contributed by atoms with Crippen molar-refractivity contribution >= 4 is 5.91 Å². The van der Waals surface area contributed by atoms with Crippen molar-refractivity contribution < 1.29 is 9.53 Å². The fourth-order valence-corrected chi connectivity index (χ4v) is 1.27. The largest absolute Gasteiger partial charge is 0.375 e. The summed E-state index contributed by atoms with van der Waals surface area (Å²) in [6, 6.07) is 9.99. The van der Waals surface area contributed by atoms with Gasteiger partial charge in [-0.1, -0.05) is 51.1 Å². The normalized spacial score (nSPS) is 11.2. The molecule has 0 spiro atoms. The summed E-state index contributed by atoms with van der Waals surface area (Å²) >= 11 is 0. The number of carbonyl (C=O) groups is 1. The van der Waals surface area contributed by atoms with Gasteiger partial charge in [0.25, 0.3) is 0 Å². The van der Waals surface area contributed by atoms with Crippen molar-refractivity contribution in [3.05, 3.63) is 35.9 Å². The molecule has 1 N–H and O–H groups in total. The Balaban J connectivity index is 2.12. The van der Waals surface area contributed by atoms with Gasteiger partial charge in [-0.2, -0.15) is 0 Å². The molecule has 0 aliphatic rings. The highest BCUT2D eigenvalue weighted by atomic mass is 16.5. The first kappa shape index (κ1) is 13.7. The highest BCUT2D eigenvalue weighted by molar-refractivity contribution is 5.81. The number of amides is 1. The summed E-state index contributed by atoms with van der Waals surface area (Å²) in [6.45, 7) is 7.37. The molecule has 0 saturated heterocycles. The van der Waals surface area contributed by atoms with Crippen molar-refractivity contribution in [2.45, 2.75) is 27.4 Å². The molecule has 0 atom stereocenters. The Morgan fingerprint density at radius 3 is 2.47 bits per heavy atom. The molecule has 0 bridgehead atoms. The van der Waals surface area contributed by atoms with Crippen LogP contribution in [0.2, 0.25) is 0 Å². The third kappa shape index (κ3) is 5.50. The molecular weight excluding hydrogens is 214 g/mol. The topological polar surface area (TPSA) is 38.3 Å². The van der Waals surface area contributed by atoms with Gasteiger partial charge in [0.15, 0.2) is 0 Å². The molecule has 94 valence electrons. The van der Waals surface area contributed by atoms with Crippen molar-refractivity contribution in [3.8, 4) is 0 Å². The summed E-state index contributed by atoms with van der Waals surface area (Å²) in [5.41, 5.74) is 0.814. The van der Waals surface area contributed by atoms with Gasteiger partial charge >= 0.3 is 0 Å². The zero-order valence-corrected chi connectivity index (χ0v) is 10.8. The van der Waals surface area contributed by atoms with Crippen LogP contribution in [-0.4, -0.2) is 19.1 Å². The van der Waals surface area contributed by atoms with Crippen LogP contribution in [0.1, 0.15) is 26.3 Å². The van der Waals surface area contributed by atoms with E-state index in [9.17, 15) is 4.79 Å². The first-order valence-corrected chi connectivity index (χ1v) is 5.90. The van der Waals surface area contributed by atoms with Gasteiger partial charge in [0.2, 0.25) is 5.91 Å². The van der Waals surface area contributed by atoms with Crippen LogP contribution in [-0.2, 0) is 16.1 Å². The van der Waals surface area contributed by atoms with E-state index in [1.54, 1.807) is 0 Å². The van der Waals surface area contributed by atoms with Gasteiger partial charge in [-0.3, -0.25) is 4.79 Å². The summed E-state index contributed by atoms with van der Waals surface area (Å²) < 4.78 is 5.47. The van der Waals surface area contributed by atoms with Crippen LogP contribution in [0, 0.1) is 5.41 Å². The van der Waals surface area contributed by atoms with Crippen LogP contribution in [0.3, 0.4) is 0 Å². The number of benzene rings is 1. The lowest BCUT2D eigenvalue weighted by Gasteiger charge is -2.17. The fraction of sp³-hybridized carbons (Fsp3) is 0.500. The zero-order chi connectivity index (χ0) is 12.7. The SMILES string of the molecule is CC(C)(C)C(=O)NCCOCc1ccccc1. The summed E-state index contributed by atoms with van der Waals surface area (Å²) in [5.74, 6) is 0.0563. The molecule has 0 aliphatic carbocycles. The second-order valence-corrected chi connectivity index (χ2v) is 5.04. The minimum Gasteiger partial charge on any atom is -0.375 e. The molecule has 3 nitrogen and oxygen atoms in total. The smallest absolute Gasteiger partial charge is 0.225 e. The fourth-order valence-electron chi connectivity index (χ4n) is 1.27. The van der Waals surface area contributed by atoms with Crippen LogP contribution >= 0.6 is 0 Å². The molecule has 0 aliphatic heterocycles. The second-order valence-electron chi connectivity index (χ2n) is 5.04. The molecule has 0 radical (unpaired) electrons. The lowest BCUT2D eigenvalue weighted by Crippen LogP contribution is -2.36. The van der Waals surface area contributed by atoms with E-state index in [0.29, 0.717) is 19.8 Å². The van der Waals surface area contributed by atoms with Gasteiger partial charge in [-0.05, 0) is 5.56 Å². The van der Waals surface area contributed by atoms with Gasteiger partial charge in [0.05, 0.1) is 13.2 Å². The quantitative estimate of drug-likeness (QED) is 0.796. The molecule has 17 heavy (non-hydrogen) atoms. The maximum atomic E-state index is 11.5. The van der Waals surface area contributed by atoms with Crippen molar-refractivity contribution in [2.75, 3.05) is 13.2 Å². The average Bonchev–Trinajstić information content (AvgIpc) is 2.28. The van der Waals surface area contributed by atoms with E-state index in [0.717, 1.165) is 5.56 Å². The van der Waals surface area contributed by atoms with Crippen molar-refractivity contribution in [2.24, 2.45) is 5.41 Å². The van der Waals surface area contributed by atoms with Crippen LogP contribution < -0.4 is 5.32 Å². The van der Waals surface area contributed by atoms with E-state index in [2.05, 4.69) is 5.32 Å². The minimum atomic E-state index is -0.334. The lowest BCUT2D eigenvalue weighted by atomic mass is 9.96. The molecule has 0 unspecified atom stereocenters. The molecule has 0 saturated carbocycles. The second kappa shape index (κ2) is 6.40. The molecule has 1 amide bonds. The number of carbonyl (C=O) groups excluding carboxylic acids is 1. The van der Waals surface area contributed by atoms with Crippen LogP contribution in [0.5, 0.6) is 0 Å². The number of rotatable bonds is 5. The Labute approximate surface area is 103 Å². The summed E-state index contributed by atoms with van der Waals surface area (Å²) in [7, 11) is 0. The Kier molecular flexibility index (Phi) is 5.16. The summed E-state index contributed by atoms with van der Waals surface area (Å²) in [4.78, 5) is 11.5. The van der Waals surface area contributed by atoms with Crippen LogP contribution in [0.25, 0.3) is 0 Å². The Bertz CT molecular complexity index is 341. The Hall–Kier alpha value is -1.35. The highest BCUT2D eigenvalue weighted by Crippen LogP contribution is 2.11. The number of ether oxygens (including phenoxy) is 1. The van der Waals surface area contributed by atoms with Gasteiger partial charge in [0, 0.05) is 12.0 Å². The van der Waals surface area contributed by atoms with Crippen LogP contribution in [0.15, 0.2) is 30.3 Å². The number of nitrogens with one attached hydrogen (secondary N) is 1. The monoisotopic (exact) mass is 235 g/mol. The van der Waals surface area contributed by atoms with E-state index in [-0.39, 0.29) is 11.3 Å². The third-order valence-corrected chi connectivity index (χ3v) is 2.32. The van der Waals surface area contributed by atoms with E-state index >= 15 is 0 Å². The Morgan fingerprint density at radius 2 is 1.88 bits per heavy atom. The molecule has 1 aromatic rings. The van der Waals surface area contributed by atoms with Gasteiger partial charge in [-0.15, -0.1) is 0 Å². The molecule has 3 heteroatoms. The van der Waals surface area contributed by atoms with E-state index in [4.69, 9.17) is 4.74 Å². The molecular formula is C14H21NO2. The first-order chi connectivity index (χ1) is 8.00. The minimum absolute atomic E-state index is 0.0563. The van der Waals surface area contributed by atoms with Crippen molar-refractivity contribution in [1.29, 1.82) is 0 Å². The molecule has 0 fully saturated rings. The maximum absolute atomic E-state index is 11.5. The molecule has 0 heterocycles. The Morgan fingerprint density at radius 1 is 1.24 bits per heavy atom. The summed E-state index contributed by atoms with van der Waals surface area (Å²) in [5, 5.41) is 2.84. The van der Waals surface area contributed by atoms with E-state index < -0.39 is 0 Å². The van der Waals surface area contributed by atoms with Gasteiger partial charge < -0.3 is 10.1 Å². The van der Waals surface area contributed by atoms with Crippen molar-refractivity contribution in [1.82, 2.24) is 5.32 Å².